The Morgan fingerprint density at radius 3 is 0.941 bits per heavy atom. The van der Waals surface area contributed by atoms with Gasteiger partial charge in [-0.15, -0.1) is 6.58 Å². The van der Waals surface area contributed by atoms with E-state index in [9.17, 15) is 0 Å². The van der Waals surface area contributed by atoms with Crippen LogP contribution in [-0.4, -0.2) is 0 Å². The van der Waals surface area contributed by atoms with Gasteiger partial charge in [-0.25, -0.2) is 0 Å². The molecule has 0 bridgehead atoms. The van der Waals surface area contributed by atoms with Gasteiger partial charge in [0.25, 0.3) is 0 Å². The van der Waals surface area contributed by atoms with E-state index in [1.807, 2.05) is 63.9 Å². The van der Waals surface area contributed by atoms with Crippen molar-refractivity contribution in [1.82, 2.24) is 0 Å². The van der Waals surface area contributed by atoms with Crippen molar-refractivity contribution in [2.45, 2.75) is 0 Å². The van der Waals surface area contributed by atoms with Gasteiger partial charge in [-0.05, 0) is 120 Å². The normalized spacial score (nSPS) is 20.9. The van der Waals surface area contributed by atoms with Crippen molar-refractivity contribution in [2.75, 3.05) is 0 Å². The molecule has 1 aromatic rings. The molecule has 0 spiro atoms. The van der Waals surface area contributed by atoms with E-state index in [1.54, 1.807) is 0 Å². The van der Waals surface area contributed by atoms with Crippen LogP contribution in [0.25, 0.3) is 12.2 Å². The number of hydrogen-bond donors (Lipinski definition) is 0. The van der Waals surface area contributed by atoms with Crippen LogP contribution in [0.3, 0.4) is 0 Å². The Kier molecular flexibility index (Phi) is 18.2. The minimum absolute atomic E-state index is 0. The summed E-state index contributed by atoms with van der Waals surface area (Å²) < 4.78 is 0. The van der Waals surface area contributed by atoms with Gasteiger partial charge in [0.1, 0.15) is 0 Å². The van der Waals surface area contributed by atoms with Crippen LogP contribution in [0.15, 0.2) is 49.1 Å². The molecule has 4 aliphatic carbocycles. The Balaban J connectivity index is 0.000000341. The molecule has 4 aliphatic rings. The molecule has 20 radical (unpaired) electrons. The third-order valence-corrected chi connectivity index (χ3v) is 4.73. The summed E-state index contributed by atoms with van der Waals surface area (Å²) in [5, 5.41) is 0. The summed E-state index contributed by atoms with van der Waals surface area (Å²) in [7, 11) is 0. The third-order valence-electron chi connectivity index (χ3n) is 4.73. The Hall–Kier alpha value is -0.521. The zero-order chi connectivity index (χ0) is 22.3. The molecule has 0 amide bonds. The number of benzene rings is 1. The molecule has 0 heterocycles. The van der Waals surface area contributed by atoms with Crippen molar-refractivity contribution in [2.24, 2.45) is 0 Å². The minimum Gasteiger partial charge on any atom is -0.102 e. The molecule has 5 rings (SSSR count). The van der Waals surface area contributed by atoms with E-state index in [2.05, 4.69) is 107 Å². The predicted molar refractivity (Wildman–Crippen MR) is 138 cm³/mol. The van der Waals surface area contributed by atoms with Gasteiger partial charge >= 0.3 is 34.1 Å². The molecule has 0 unspecified atom stereocenters. The molecule has 0 aromatic heterocycles. The first kappa shape index (κ1) is 31.5. The van der Waals surface area contributed by atoms with Gasteiger partial charge in [-0.1, -0.05) is 54.6 Å². The molecule has 0 saturated heterocycles. The van der Waals surface area contributed by atoms with Crippen LogP contribution < -0.4 is 0 Å². The van der Waals surface area contributed by atoms with E-state index in [4.69, 9.17) is 0 Å². The van der Waals surface area contributed by atoms with Crippen LogP contribution in [0.5, 0.6) is 0 Å². The van der Waals surface area contributed by atoms with Gasteiger partial charge < -0.3 is 0 Å². The third kappa shape index (κ3) is 13.0. The van der Waals surface area contributed by atoms with E-state index < -0.39 is 0 Å². The summed E-state index contributed by atoms with van der Waals surface area (Å²) in [6.45, 7) is 3.60. The average Bonchev–Trinajstić information content (AvgIpc) is 3.67. The molecule has 0 atom stereocenters. The SMILES string of the molecule is C=C[C]1[CH][CH][CH][CH]1.[CH]1[CH][CH][CH][CH]1.[CH]1[CH][CH][C](/C=C/c2ccc(/C=C/[C]3[CH][CH][CH][CH]3)cc2)[CH]1.[Fe+2].[Fe+2]. The molecule has 4 fully saturated rings. The topological polar surface area (TPSA) is 0 Å². The Bertz CT molecular complexity index is 613. The van der Waals surface area contributed by atoms with Crippen molar-refractivity contribution in [1.29, 1.82) is 0 Å². The molecule has 0 N–H and O–H groups in total. The van der Waals surface area contributed by atoms with E-state index in [1.165, 1.54) is 28.9 Å². The summed E-state index contributed by atoms with van der Waals surface area (Å²) in [6.07, 6.45) is 45.0. The maximum absolute atomic E-state index is 3.60. The second-order valence-corrected chi connectivity index (χ2v) is 7.15. The minimum atomic E-state index is 0. The van der Waals surface area contributed by atoms with Crippen LogP contribution in [-0.2, 0) is 34.1 Å². The van der Waals surface area contributed by atoms with Crippen molar-refractivity contribution in [3.05, 3.63) is 187 Å². The average molecular weight is 524 g/mol. The van der Waals surface area contributed by atoms with Crippen molar-refractivity contribution >= 4 is 12.2 Å². The number of rotatable bonds is 5. The number of hydrogen-bond acceptors (Lipinski definition) is 0. The van der Waals surface area contributed by atoms with Gasteiger partial charge in [0.15, 0.2) is 0 Å². The second kappa shape index (κ2) is 19.6. The molecule has 2 heteroatoms. The fourth-order valence-corrected chi connectivity index (χ4v) is 2.95. The number of allylic oxidation sites excluding steroid dienone is 3. The maximum atomic E-state index is 3.60. The molecule has 0 aliphatic heterocycles. The fraction of sp³-hybridized carbons (Fsp3) is 0. The molecule has 0 nitrogen and oxygen atoms in total. The van der Waals surface area contributed by atoms with Crippen molar-refractivity contribution in [3.8, 4) is 0 Å². The van der Waals surface area contributed by atoms with Gasteiger partial charge in [0.05, 0.1) is 0 Å². The van der Waals surface area contributed by atoms with E-state index >= 15 is 0 Å². The smallest absolute Gasteiger partial charge is 0.102 e. The molecular weight excluding hydrogens is 496 g/mol. The molecule has 34 heavy (non-hydrogen) atoms. The maximum Gasteiger partial charge on any atom is 2.00 e. The van der Waals surface area contributed by atoms with Crippen LogP contribution in [0.2, 0.25) is 0 Å². The van der Waals surface area contributed by atoms with E-state index in [0.717, 1.165) is 0 Å². The first-order valence-electron chi connectivity index (χ1n) is 10.7. The van der Waals surface area contributed by atoms with Gasteiger partial charge in [0.2, 0.25) is 0 Å². The van der Waals surface area contributed by atoms with Crippen LogP contribution in [0.1, 0.15) is 11.1 Å². The molecule has 168 valence electrons. The second-order valence-electron chi connectivity index (χ2n) is 7.15. The first-order valence-corrected chi connectivity index (χ1v) is 10.7. The summed E-state index contributed by atoms with van der Waals surface area (Å²) in [6, 6.07) is 8.57. The quantitative estimate of drug-likeness (QED) is 0.360. The predicted octanol–water partition coefficient (Wildman–Crippen LogP) is 7.12. The summed E-state index contributed by atoms with van der Waals surface area (Å²) in [5.41, 5.74) is 2.44. The van der Waals surface area contributed by atoms with Gasteiger partial charge in [-0.3, -0.25) is 0 Å². The Morgan fingerprint density at radius 2 is 0.676 bits per heavy atom. The monoisotopic (exact) mass is 524 g/mol. The van der Waals surface area contributed by atoms with Crippen LogP contribution in [0, 0.1) is 127 Å². The van der Waals surface area contributed by atoms with Gasteiger partial charge in [0, 0.05) is 17.8 Å². The summed E-state index contributed by atoms with van der Waals surface area (Å²) in [5.74, 6) is 3.68. The van der Waals surface area contributed by atoms with Crippen LogP contribution >= 0.6 is 0 Å². The largest absolute Gasteiger partial charge is 2.00 e. The molecular formula is C32H28Fe2+4. The zero-order valence-corrected chi connectivity index (χ0v) is 21.1. The Morgan fingerprint density at radius 1 is 0.382 bits per heavy atom. The van der Waals surface area contributed by atoms with Crippen molar-refractivity contribution < 1.29 is 34.1 Å². The summed E-state index contributed by atoms with van der Waals surface area (Å²) in [4.78, 5) is 0. The zero-order valence-electron chi connectivity index (χ0n) is 18.9. The van der Waals surface area contributed by atoms with E-state index in [-0.39, 0.29) is 34.1 Å². The van der Waals surface area contributed by atoms with Crippen LogP contribution in [0.4, 0.5) is 0 Å². The first-order chi connectivity index (χ1) is 15.8. The van der Waals surface area contributed by atoms with E-state index in [0.29, 0.717) is 0 Å². The molecule has 1 aromatic carbocycles. The Labute approximate surface area is 232 Å². The van der Waals surface area contributed by atoms with Gasteiger partial charge in [-0.2, -0.15) is 0 Å². The molecule has 4 saturated carbocycles. The van der Waals surface area contributed by atoms with Crippen molar-refractivity contribution in [3.63, 3.8) is 0 Å². The standard InChI is InChI=1S/C20H16.C7H7.C5H5.2Fe/c1-2-6-17(5-1)9-11-19-13-15-20(16-14-19)12-10-18-7-3-4-8-18;1-2-7-5-3-4-6-7;1-2-4-5-3-1;;/h1-16H;2-6H,1H2;1-5H;;/q;;;2*+2/b11-9+,12-10+;;;;. The fourth-order valence-electron chi connectivity index (χ4n) is 2.95. The summed E-state index contributed by atoms with van der Waals surface area (Å²) >= 11 is 0.